The van der Waals surface area contributed by atoms with Crippen LogP contribution in [0.2, 0.25) is 0 Å². The van der Waals surface area contributed by atoms with Crippen molar-refractivity contribution in [1.82, 2.24) is 20.2 Å². The maximum Gasteiger partial charge on any atom is 0.131 e. The third-order valence-corrected chi connectivity index (χ3v) is 2.91. The molecule has 17 heavy (non-hydrogen) atoms. The van der Waals surface area contributed by atoms with Gasteiger partial charge < -0.3 is 20.9 Å². The molecule has 1 unspecified atom stereocenters. The van der Waals surface area contributed by atoms with Gasteiger partial charge in [0.05, 0.1) is 0 Å². The largest absolute Gasteiger partial charge is 0.373 e. The smallest absolute Gasteiger partial charge is 0.131 e. The van der Waals surface area contributed by atoms with Gasteiger partial charge in [0.1, 0.15) is 18.0 Å². The lowest BCUT2D eigenvalue weighted by Gasteiger charge is -2.31. The first-order valence-electron chi connectivity index (χ1n) is 5.93. The van der Waals surface area contributed by atoms with Gasteiger partial charge in [-0.1, -0.05) is 0 Å². The van der Waals surface area contributed by atoms with Crippen LogP contribution in [0.3, 0.4) is 0 Å². The second-order valence-corrected chi connectivity index (χ2v) is 4.33. The van der Waals surface area contributed by atoms with Gasteiger partial charge in [0.2, 0.25) is 0 Å². The average molecular weight is 236 g/mol. The standard InChI is InChI=1S/C11H20N6/c1-12-10-5-11(16-8-15-10)14-6-9-7-17(2)4-3-13-9/h5,8-9,13H,3-4,6-7H2,1-2H3,(H2,12,14,15,16). The molecular formula is C11H20N6. The fourth-order valence-corrected chi connectivity index (χ4v) is 1.95. The summed E-state index contributed by atoms with van der Waals surface area (Å²) in [5, 5.41) is 9.81. The van der Waals surface area contributed by atoms with Gasteiger partial charge in [-0.15, -0.1) is 0 Å². The Balaban J connectivity index is 1.84. The van der Waals surface area contributed by atoms with Crippen molar-refractivity contribution in [3.8, 4) is 0 Å². The molecule has 0 amide bonds. The number of nitrogens with zero attached hydrogens (tertiary/aromatic N) is 3. The highest BCUT2D eigenvalue weighted by Gasteiger charge is 2.15. The Labute approximate surface area is 102 Å². The Morgan fingerprint density at radius 3 is 3.06 bits per heavy atom. The van der Waals surface area contributed by atoms with E-state index in [9.17, 15) is 0 Å². The summed E-state index contributed by atoms with van der Waals surface area (Å²) in [4.78, 5) is 10.6. The SMILES string of the molecule is CNc1cc(NCC2CN(C)CCN2)ncn1. The molecule has 1 aliphatic heterocycles. The van der Waals surface area contributed by atoms with Crippen LogP contribution < -0.4 is 16.0 Å². The van der Waals surface area contributed by atoms with Crippen molar-refractivity contribution < 1.29 is 0 Å². The van der Waals surface area contributed by atoms with Crippen LogP contribution in [0.1, 0.15) is 0 Å². The van der Waals surface area contributed by atoms with Crippen molar-refractivity contribution in [3.05, 3.63) is 12.4 Å². The van der Waals surface area contributed by atoms with E-state index in [1.54, 1.807) is 6.33 Å². The first-order valence-corrected chi connectivity index (χ1v) is 5.93. The molecule has 2 heterocycles. The molecule has 1 fully saturated rings. The predicted octanol–water partition coefficient (Wildman–Crippen LogP) is -0.166. The molecule has 1 atom stereocenters. The van der Waals surface area contributed by atoms with Crippen LogP contribution in [0.4, 0.5) is 11.6 Å². The van der Waals surface area contributed by atoms with Gasteiger partial charge in [0, 0.05) is 45.3 Å². The summed E-state index contributed by atoms with van der Waals surface area (Å²) in [6, 6.07) is 2.38. The molecule has 1 aliphatic rings. The third-order valence-electron chi connectivity index (χ3n) is 2.91. The summed E-state index contributed by atoms with van der Waals surface area (Å²) >= 11 is 0. The molecule has 0 spiro atoms. The lowest BCUT2D eigenvalue weighted by molar-refractivity contribution is 0.244. The lowest BCUT2D eigenvalue weighted by atomic mass is 10.2. The molecule has 1 saturated heterocycles. The van der Waals surface area contributed by atoms with Gasteiger partial charge in [-0.05, 0) is 7.05 Å². The van der Waals surface area contributed by atoms with Crippen LogP contribution in [0, 0.1) is 0 Å². The summed E-state index contributed by atoms with van der Waals surface area (Å²) in [5.41, 5.74) is 0. The molecular weight excluding hydrogens is 216 g/mol. The molecule has 3 N–H and O–H groups in total. The Hall–Kier alpha value is -1.40. The Morgan fingerprint density at radius 2 is 2.29 bits per heavy atom. The van der Waals surface area contributed by atoms with E-state index in [0.29, 0.717) is 6.04 Å². The van der Waals surface area contributed by atoms with E-state index in [0.717, 1.165) is 37.8 Å². The minimum absolute atomic E-state index is 0.474. The summed E-state index contributed by atoms with van der Waals surface area (Å²) in [7, 11) is 4.00. The van der Waals surface area contributed by atoms with Gasteiger partial charge in [-0.2, -0.15) is 0 Å². The molecule has 0 aromatic carbocycles. The van der Waals surface area contributed by atoms with Gasteiger partial charge in [-0.25, -0.2) is 9.97 Å². The molecule has 0 saturated carbocycles. The van der Waals surface area contributed by atoms with E-state index < -0.39 is 0 Å². The Bertz CT molecular complexity index is 356. The number of nitrogens with one attached hydrogen (secondary N) is 3. The van der Waals surface area contributed by atoms with Crippen LogP contribution >= 0.6 is 0 Å². The van der Waals surface area contributed by atoms with Crippen LogP contribution in [-0.4, -0.2) is 61.2 Å². The number of likely N-dealkylation sites (N-methyl/N-ethyl adjacent to an activating group) is 1. The summed E-state index contributed by atoms with van der Waals surface area (Å²) in [5.74, 6) is 1.69. The molecule has 2 rings (SSSR count). The summed E-state index contributed by atoms with van der Waals surface area (Å²) in [6.45, 7) is 4.11. The van der Waals surface area contributed by atoms with E-state index in [4.69, 9.17) is 0 Å². The second-order valence-electron chi connectivity index (χ2n) is 4.33. The second kappa shape index (κ2) is 5.79. The molecule has 94 valence electrons. The quantitative estimate of drug-likeness (QED) is 0.675. The van der Waals surface area contributed by atoms with Gasteiger partial charge in [0.25, 0.3) is 0 Å². The van der Waals surface area contributed by atoms with Crippen molar-refractivity contribution in [2.75, 3.05) is 50.9 Å². The number of hydrogen-bond acceptors (Lipinski definition) is 6. The number of piperazine rings is 1. The van der Waals surface area contributed by atoms with Crippen LogP contribution in [0.25, 0.3) is 0 Å². The first kappa shape index (κ1) is 12.1. The number of hydrogen-bond donors (Lipinski definition) is 3. The van der Waals surface area contributed by atoms with Crippen molar-refractivity contribution >= 4 is 11.6 Å². The van der Waals surface area contributed by atoms with Crippen LogP contribution in [0.5, 0.6) is 0 Å². The number of anilines is 2. The Kier molecular flexibility index (Phi) is 4.11. The number of rotatable bonds is 4. The molecule has 0 aliphatic carbocycles. The average Bonchev–Trinajstić information content (AvgIpc) is 2.37. The maximum absolute atomic E-state index is 4.19. The van der Waals surface area contributed by atoms with Crippen molar-refractivity contribution in [2.24, 2.45) is 0 Å². The normalized spacial score (nSPS) is 21.2. The van der Waals surface area contributed by atoms with Crippen molar-refractivity contribution in [1.29, 1.82) is 0 Å². The number of aromatic nitrogens is 2. The Morgan fingerprint density at radius 1 is 1.47 bits per heavy atom. The van der Waals surface area contributed by atoms with Crippen LogP contribution in [0.15, 0.2) is 12.4 Å². The predicted molar refractivity (Wildman–Crippen MR) is 69.4 cm³/mol. The summed E-state index contributed by atoms with van der Waals surface area (Å²) < 4.78 is 0. The van der Waals surface area contributed by atoms with Crippen molar-refractivity contribution in [2.45, 2.75) is 6.04 Å². The van der Waals surface area contributed by atoms with Crippen LogP contribution in [-0.2, 0) is 0 Å². The van der Waals surface area contributed by atoms with Crippen molar-refractivity contribution in [3.63, 3.8) is 0 Å². The first-order chi connectivity index (χ1) is 8.28. The topological polar surface area (TPSA) is 65.1 Å². The van der Waals surface area contributed by atoms with E-state index in [1.165, 1.54) is 0 Å². The molecule has 6 nitrogen and oxygen atoms in total. The fraction of sp³-hybridized carbons (Fsp3) is 0.636. The summed E-state index contributed by atoms with van der Waals surface area (Å²) in [6.07, 6.45) is 1.56. The molecule has 0 radical (unpaired) electrons. The molecule has 1 aromatic rings. The highest BCUT2D eigenvalue weighted by Crippen LogP contribution is 2.07. The monoisotopic (exact) mass is 236 g/mol. The third kappa shape index (κ3) is 3.54. The van der Waals surface area contributed by atoms with Gasteiger partial charge >= 0.3 is 0 Å². The van der Waals surface area contributed by atoms with E-state index in [2.05, 4.69) is 37.9 Å². The molecule has 6 heteroatoms. The zero-order valence-corrected chi connectivity index (χ0v) is 10.4. The molecule has 0 bridgehead atoms. The zero-order valence-electron chi connectivity index (χ0n) is 10.4. The van der Waals surface area contributed by atoms with E-state index >= 15 is 0 Å². The minimum atomic E-state index is 0.474. The zero-order chi connectivity index (χ0) is 12.1. The van der Waals surface area contributed by atoms with Gasteiger partial charge in [0.15, 0.2) is 0 Å². The highest BCUT2D eigenvalue weighted by molar-refractivity contribution is 5.45. The minimum Gasteiger partial charge on any atom is -0.373 e. The van der Waals surface area contributed by atoms with E-state index in [-0.39, 0.29) is 0 Å². The molecule has 1 aromatic heterocycles. The maximum atomic E-state index is 4.19. The fourth-order valence-electron chi connectivity index (χ4n) is 1.95. The highest BCUT2D eigenvalue weighted by atomic mass is 15.2. The van der Waals surface area contributed by atoms with Gasteiger partial charge in [-0.3, -0.25) is 0 Å². The lowest BCUT2D eigenvalue weighted by Crippen LogP contribution is -2.51. The van der Waals surface area contributed by atoms with E-state index in [1.807, 2.05) is 13.1 Å².